The number of ether oxygens (including phenoxy) is 2. The van der Waals surface area contributed by atoms with Crippen molar-refractivity contribution >= 4 is 11.6 Å². The van der Waals surface area contributed by atoms with Crippen molar-refractivity contribution in [3.8, 4) is 11.8 Å². The number of hydrogen-bond acceptors (Lipinski definition) is 4. The summed E-state index contributed by atoms with van der Waals surface area (Å²) >= 11 is 0. The van der Waals surface area contributed by atoms with E-state index in [1.165, 1.54) is 0 Å². The number of nitrogens with one attached hydrogen (secondary N) is 1. The smallest absolute Gasteiger partial charge is 0.245 e. The van der Waals surface area contributed by atoms with Crippen LogP contribution in [0.2, 0.25) is 0 Å². The quantitative estimate of drug-likeness (QED) is 0.904. The second kappa shape index (κ2) is 7.09. The summed E-state index contributed by atoms with van der Waals surface area (Å²) in [5.74, 6) is 0.520. The predicted octanol–water partition coefficient (Wildman–Crippen LogP) is 2.73. The summed E-state index contributed by atoms with van der Waals surface area (Å²) in [5, 5.41) is 12.2. The molecule has 1 N–H and O–H groups in total. The Morgan fingerprint density at radius 1 is 1.38 bits per heavy atom. The minimum absolute atomic E-state index is 0.254. The fourth-order valence-electron chi connectivity index (χ4n) is 2.21. The Morgan fingerprint density at radius 3 is 2.62 bits per heavy atom. The summed E-state index contributed by atoms with van der Waals surface area (Å²) in [6.07, 6.45) is 1.82. The van der Waals surface area contributed by atoms with E-state index in [0.717, 1.165) is 12.2 Å². The van der Waals surface area contributed by atoms with E-state index >= 15 is 0 Å². The van der Waals surface area contributed by atoms with Crippen LogP contribution in [0.5, 0.6) is 5.75 Å². The molecule has 1 saturated heterocycles. The number of hydrogen-bond donors (Lipinski definition) is 1. The molecular weight excluding hydrogens is 268 g/mol. The van der Waals surface area contributed by atoms with Gasteiger partial charge in [-0.15, -0.1) is 0 Å². The van der Waals surface area contributed by atoms with E-state index in [1.54, 1.807) is 12.1 Å². The molecule has 21 heavy (non-hydrogen) atoms. The van der Waals surface area contributed by atoms with Crippen molar-refractivity contribution < 1.29 is 14.3 Å². The topological polar surface area (TPSA) is 71.3 Å². The molecule has 0 saturated carbocycles. The number of nitrogens with zero attached hydrogens (tertiary/aromatic N) is 1. The van der Waals surface area contributed by atoms with Crippen LogP contribution in [-0.4, -0.2) is 25.7 Å². The third-order valence-electron chi connectivity index (χ3n) is 3.58. The van der Waals surface area contributed by atoms with Gasteiger partial charge in [0, 0.05) is 18.9 Å². The van der Waals surface area contributed by atoms with Gasteiger partial charge in [-0.2, -0.15) is 5.26 Å². The molecule has 1 fully saturated rings. The number of rotatable bonds is 5. The average molecular weight is 288 g/mol. The zero-order valence-corrected chi connectivity index (χ0v) is 12.2. The van der Waals surface area contributed by atoms with Gasteiger partial charge in [-0.05, 0) is 43.5 Å². The van der Waals surface area contributed by atoms with Gasteiger partial charge < -0.3 is 14.8 Å². The van der Waals surface area contributed by atoms with Crippen LogP contribution in [0.3, 0.4) is 0 Å². The second-order valence-electron chi connectivity index (χ2n) is 5.13. The Hall–Kier alpha value is -2.06. The van der Waals surface area contributed by atoms with Crippen molar-refractivity contribution in [3.63, 3.8) is 0 Å². The van der Waals surface area contributed by atoms with Gasteiger partial charge in [-0.3, -0.25) is 4.79 Å². The Morgan fingerprint density at radius 2 is 2.05 bits per heavy atom. The second-order valence-corrected chi connectivity index (χ2v) is 5.13. The van der Waals surface area contributed by atoms with Gasteiger partial charge in [0.05, 0.1) is 12.7 Å². The summed E-state index contributed by atoms with van der Waals surface area (Å²) in [4.78, 5) is 12.4. The normalized spacial score (nSPS) is 16.8. The van der Waals surface area contributed by atoms with Crippen molar-refractivity contribution in [3.05, 3.63) is 24.3 Å². The number of carbonyl (C=O) groups is 1. The van der Waals surface area contributed by atoms with E-state index in [4.69, 9.17) is 9.47 Å². The van der Waals surface area contributed by atoms with Crippen molar-refractivity contribution in [1.29, 1.82) is 5.26 Å². The lowest BCUT2D eigenvalue weighted by Gasteiger charge is -2.29. The van der Waals surface area contributed by atoms with Crippen LogP contribution in [0.4, 0.5) is 5.69 Å². The lowest BCUT2D eigenvalue weighted by atomic mass is 9.81. The highest BCUT2D eigenvalue weighted by molar-refractivity contribution is 5.97. The highest BCUT2D eigenvalue weighted by atomic mass is 16.5. The third kappa shape index (κ3) is 3.73. The zero-order valence-electron chi connectivity index (χ0n) is 12.2. The van der Waals surface area contributed by atoms with Crippen LogP contribution < -0.4 is 10.1 Å². The van der Waals surface area contributed by atoms with Crippen LogP contribution in [0.1, 0.15) is 26.2 Å². The molecule has 0 unspecified atom stereocenters. The minimum atomic E-state index is -0.977. The first kappa shape index (κ1) is 15.3. The monoisotopic (exact) mass is 288 g/mol. The van der Waals surface area contributed by atoms with E-state index in [1.807, 2.05) is 19.1 Å². The van der Waals surface area contributed by atoms with E-state index in [0.29, 0.717) is 38.3 Å². The molecule has 112 valence electrons. The lowest BCUT2D eigenvalue weighted by Crippen LogP contribution is -2.39. The largest absolute Gasteiger partial charge is 0.494 e. The number of amides is 1. The van der Waals surface area contributed by atoms with Crippen LogP contribution in [0.15, 0.2) is 24.3 Å². The van der Waals surface area contributed by atoms with Crippen LogP contribution >= 0.6 is 0 Å². The van der Waals surface area contributed by atoms with Crippen LogP contribution in [0.25, 0.3) is 0 Å². The maximum atomic E-state index is 12.4. The molecule has 1 aliphatic rings. The van der Waals surface area contributed by atoms with Gasteiger partial charge in [-0.25, -0.2) is 0 Å². The van der Waals surface area contributed by atoms with Gasteiger partial charge in [0.2, 0.25) is 5.91 Å². The highest BCUT2D eigenvalue weighted by Gasteiger charge is 2.40. The molecule has 0 aromatic heterocycles. The highest BCUT2D eigenvalue weighted by Crippen LogP contribution is 2.31. The molecule has 0 spiro atoms. The number of anilines is 1. The van der Waals surface area contributed by atoms with E-state index in [9.17, 15) is 10.1 Å². The maximum absolute atomic E-state index is 12.4. The summed E-state index contributed by atoms with van der Waals surface area (Å²) < 4.78 is 10.7. The standard InChI is InChI=1S/C16H20N2O3/c1-2-9-21-14-5-3-13(4-6-14)18-15(19)16(12-17)7-10-20-11-8-16/h3-6H,2,7-11H2,1H3,(H,18,19). The Kier molecular flexibility index (Phi) is 5.18. The minimum Gasteiger partial charge on any atom is -0.494 e. The molecule has 5 heteroatoms. The molecule has 1 heterocycles. The molecular formula is C16H20N2O3. The summed E-state index contributed by atoms with van der Waals surface area (Å²) in [5.41, 5.74) is -0.305. The van der Waals surface area contributed by atoms with Crippen molar-refractivity contribution in [2.45, 2.75) is 26.2 Å². The molecule has 2 rings (SSSR count). The predicted molar refractivity (Wildman–Crippen MR) is 79.0 cm³/mol. The average Bonchev–Trinajstić information content (AvgIpc) is 2.54. The third-order valence-corrected chi connectivity index (χ3v) is 3.58. The van der Waals surface area contributed by atoms with Gasteiger partial charge in [0.1, 0.15) is 11.2 Å². The zero-order chi connectivity index (χ0) is 15.1. The number of carbonyl (C=O) groups excluding carboxylic acids is 1. The fraction of sp³-hybridized carbons (Fsp3) is 0.500. The maximum Gasteiger partial charge on any atom is 0.245 e. The SMILES string of the molecule is CCCOc1ccc(NC(=O)C2(C#N)CCOCC2)cc1. The van der Waals surface area contributed by atoms with Gasteiger partial charge in [0.15, 0.2) is 0 Å². The summed E-state index contributed by atoms with van der Waals surface area (Å²) in [6, 6.07) is 9.36. The molecule has 0 bridgehead atoms. The molecule has 1 amide bonds. The summed E-state index contributed by atoms with van der Waals surface area (Å²) in [7, 11) is 0. The Bertz CT molecular complexity index is 513. The van der Waals surface area contributed by atoms with Crippen molar-refractivity contribution in [2.24, 2.45) is 5.41 Å². The first-order chi connectivity index (χ1) is 10.2. The molecule has 1 aliphatic heterocycles. The van der Waals surface area contributed by atoms with E-state index in [2.05, 4.69) is 11.4 Å². The molecule has 1 aromatic carbocycles. The lowest BCUT2D eigenvalue weighted by molar-refractivity contribution is -0.126. The molecule has 5 nitrogen and oxygen atoms in total. The molecule has 0 aliphatic carbocycles. The van der Waals surface area contributed by atoms with E-state index < -0.39 is 5.41 Å². The van der Waals surface area contributed by atoms with Gasteiger partial charge in [0.25, 0.3) is 0 Å². The van der Waals surface area contributed by atoms with Gasteiger partial charge >= 0.3 is 0 Å². The van der Waals surface area contributed by atoms with Crippen LogP contribution in [-0.2, 0) is 9.53 Å². The molecule has 1 aromatic rings. The Labute approximate surface area is 124 Å². The Balaban J connectivity index is 2.00. The first-order valence-electron chi connectivity index (χ1n) is 7.23. The van der Waals surface area contributed by atoms with Crippen LogP contribution in [0, 0.1) is 16.7 Å². The van der Waals surface area contributed by atoms with Crippen molar-refractivity contribution in [2.75, 3.05) is 25.1 Å². The van der Waals surface area contributed by atoms with Gasteiger partial charge in [-0.1, -0.05) is 6.92 Å². The molecule has 0 atom stereocenters. The van der Waals surface area contributed by atoms with Crippen molar-refractivity contribution in [1.82, 2.24) is 0 Å². The first-order valence-corrected chi connectivity index (χ1v) is 7.23. The van der Waals surface area contributed by atoms with E-state index in [-0.39, 0.29) is 5.91 Å². The number of nitriles is 1. The fourth-order valence-corrected chi connectivity index (χ4v) is 2.21. The number of benzene rings is 1. The molecule has 0 radical (unpaired) electrons. The summed E-state index contributed by atoms with van der Waals surface area (Å²) in [6.45, 7) is 3.61.